The van der Waals surface area contributed by atoms with E-state index < -0.39 is 5.72 Å². The molecule has 5 heterocycles. The molecule has 0 aliphatic carbocycles. The molecule has 39 heavy (non-hydrogen) atoms. The first-order valence-electron chi connectivity index (χ1n) is 13.8. The Kier molecular flexibility index (Phi) is 6.19. The zero-order chi connectivity index (χ0) is 26.4. The number of nitrogens with two attached hydrogens (primary N) is 1. The van der Waals surface area contributed by atoms with Crippen molar-refractivity contribution in [2.45, 2.75) is 24.6 Å². The van der Waals surface area contributed by atoms with Crippen LogP contribution in [0, 0.1) is 5.92 Å². The van der Waals surface area contributed by atoms with E-state index in [1.54, 1.807) is 4.68 Å². The summed E-state index contributed by atoms with van der Waals surface area (Å²) in [5.41, 5.74) is 7.27. The topological polar surface area (TPSA) is 118 Å². The van der Waals surface area contributed by atoms with E-state index in [4.69, 9.17) is 15.6 Å². The normalized spacial score (nSPS) is 20.5. The highest BCUT2D eigenvalue weighted by Gasteiger charge is 2.42. The first kappa shape index (κ1) is 24.5. The highest BCUT2D eigenvalue weighted by Crippen LogP contribution is 2.37. The molecule has 2 aromatic heterocycles. The number of aliphatic hydroxyl groups is 1. The monoisotopic (exact) mass is 526 g/mol. The minimum Gasteiger partial charge on any atom is -0.457 e. The lowest BCUT2D eigenvalue weighted by Crippen LogP contribution is -2.64. The van der Waals surface area contributed by atoms with E-state index in [1.165, 1.54) is 12.9 Å². The summed E-state index contributed by atoms with van der Waals surface area (Å²) in [4.78, 5) is 13.8. The molecule has 3 aliphatic rings. The van der Waals surface area contributed by atoms with Crippen LogP contribution in [0.4, 0.5) is 5.82 Å². The molecular formula is C29H34N8O2. The number of likely N-dealkylation sites (tertiary alicyclic amines) is 2. The second-order valence-electron chi connectivity index (χ2n) is 11.1. The number of hydrogen-bond donors (Lipinski definition) is 3. The Morgan fingerprint density at radius 1 is 0.974 bits per heavy atom. The number of para-hydroxylation sites is 1. The molecule has 0 bridgehead atoms. The molecule has 0 atom stereocenters. The fourth-order valence-electron chi connectivity index (χ4n) is 6.00. The maximum Gasteiger partial charge on any atom is 0.166 e. The van der Waals surface area contributed by atoms with Gasteiger partial charge in [0.05, 0.1) is 5.39 Å². The number of hydrogen-bond acceptors (Lipinski definition) is 9. The second kappa shape index (κ2) is 9.87. The van der Waals surface area contributed by atoms with Gasteiger partial charge in [-0.1, -0.05) is 18.2 Å². The van der Waals surface area contributed by atoms with Crippen LogP contribution in [0.5, 0.6) is 11.5 Å². The van der Waals surface area contributed by atoms with E-state index in [1.807, 2.05) is 54.6 Å². The Morgan fingerprint density at radius 2 is 1.69 bits per heavy atom. The van der Waals surface area contributed by atoms with Gasteiger partial charge in [-0.2, -0.15) is 5.10 Å². The van der Waals surface area contributed by atoms with E-state index in [0.29, 0.717) is 41.4 Å². The highest BCUT2D eigenvalue weighted by atomic mass is 16.5. The van der Waals surface area contributed by atoms with Gasteiger partial charge in [-0.25, -0.2) is 14.6 Å². The summed E-state index contributed by atoms with van der Waals surface area (Å²) in [6.45, 7) is 7.39. The van der Waals surface area contributed by atoms with E-state index in [9.17, 15) is 5.11 Å². The van der Waals surface area contributed by atoms with E-state index in [2.05, 4.69) is 25.1 Å². The molecule has 10 heteroatoms. The summed E-state index contributed by atoms with van der Waals surface area (Å²) in [5.74, 6) is 2.66. The molecule has 202 valence electrons. The molecule has 4 aromatic rings. The third-order valence-corrected chi connectivity index (χ3v) is 8.43. The van der Waals surface area contributed by atoms with E-state index in [0.717, 1.165) is 62.2 Å². The molecule has 4 N–H and O–H groups in total. The van der Waals surface area contributed by atoms with Crippen molar-refractivity contribution >= 4 is 16.9 Å². The maximum absolute atomic E-state index is 11.8. The summed E-state index contributed by atoms with van der Waals surface area (Å²) in [6, 6.07) is 18.0. The number of anilines is 1. The fraction of sp³-hybridized carbons (Fsp3) is 0.414. The van der Waals surface area contributed by atoms with Gasteiger partial charge in [-0.05, 0) is 42.3 Å². The van der Waals surface area contributed by atoms with Gasteiger partial charge >= 0.3 is 0 Å². The first-order valence-corrected chi connectivity index (χ1v) is 13.8. The van der Waals surface area contributed by atoms with Crippen molar-refractivity contribution in [2.75, 3.05) is 51.5 Å². The molecule has 0 amide bonds. The number of nitrogens with one attached hydrogen (secondary N) is 1. The van der Waals surface area contributed by atoms with Crippen molar-refractivity contribution in [2.24, 2.45) is 5.92 Å². The summed E-state index contributed by atoms with van der Waals surface area (Å²) >= 11 is 0. The van der Waals surface area contributed by atoms with Crippen LogP contribution in [0.1, 0.15) is 12.8 Å². The van der Waals surface area contributed by atoms with Crippen molar-refractivity contribution < 1.29 is 9.84 Å². The van der Waals surface area contributed by atoms with Crippen LogP contribution in [-0.4, -0.2) is 86.5 Å². The first-order chi connectivity index (χ1) is 19.1. The molecule has 7 rings (SSSR count). The molecule has 3 saturated heterocycles. The molecule has 0 unspecified atom stereocenters. The molecule has 2 aromatic carbocycles. The summed E-state index contributed by atoms with van der Waals surface area (Å²) < 4.78 is 7.63. The lowest BCUT2D eigenvalue weighted by Gasteiger charge is -2.50. The number of nitrogen functional groups attached to an aromatic ring is 1. The average molecular weight is 527 g/mol. The third kappa shape index (κ3) is 4.63. The second-order valence-corrected chi connectivity index (χ2v) is 11.1. The van der Waals surface area contributed by atoms with Crippen LogP contribution < -0.4 is 15.8 Å². The largest absolute Gasteiger partial charge is 0.457 e. The Hall–Kier alpha value is -3.57. The van der Waals surface area contributed by atoms with Gasteiger partial charge < -0.3 is 20.9 Å². The van der Waals surface area contributed by atoms with Crippen LogP contribution in [0.25, 0.3) is 22.3 Å². The fourth-order valence-corrected chi connectivity index (χ4v) is 6.00. The van der Waals surface area contributed by atoms with E-state index in [-0.39, 0.29) is 0 Å². The summed E-state index contributed by atoms with van der Waals surface area (Å²) in [5, 5.41) is 20.8. The van der Waals surface area contributed by atoms with Gasteiger partial charge in [0, 0.05) is 70.3 Å². The quantitative estimate of drug-likeness (QED) is 0.334. The Labute approximate surface area is 227 Å². The number of piperidine rings is 1. The molecule has 10 nitrogen and oxygen atoms in total. The van der Waals surface area contributed by atoms with Crippen molar-refractivity contribution in [3.63, 3.8) is 0 Å². The highest BCUT2D eigenvalue weighted by molar-refractivity contribution is 5.98. The predicted octanol–water partition coefficient (Wildman–Crippen LogP) is 2.51. The number of benzene rings is 2. The van der Waals surface area contributed by atoms with Crippen LogP contribution >= 0.6 is 0 Å². The lowest BCUT2D eigenvalue weighted by molar-refractivity contribution is -0.110. The SMILES string of the molecule is Nc1ncnc2c1c(-c1ccc(Oc3ccccc3)cc1)nn2C1(O)CCN(C2CN(CC3CNC3)C2)CC1. The zero-order valence-electron chi connectivity index (χ0n) is 21.9. The number of rotatable bonds is 7. The minimum atomic E-state index is -1.13. The zero-order valence-corrected chi connectivity index (χ0v) is 21.9. The summed E-state index contributed by atoms with van der Waals surface area (Å²) in [6.07, 6.45) is 2.61. The Balaban J connectivity index is 1.09. The van der Waals surface area contributed by atoms with E-state index >= 15 is 0 Å². The molecule has 0 saturated carbocycles. The number of aromatic nitrogens is 4. The summed E-state index contributed by atoms with van der Waals surface area (Å²) in [7, 11) is 0. The maximum atomic E-state index is 11.8. The van der Waals surface area contributed by atoms with Gasteiger partial charge in [0.25, 0.3) is 0 Å². The Bertz CT molecular complexity index is 1440. The third-order valence-electron chi connectivity index (χ3n) is 8.43. The molecule has 3 fully saturated rings. The Morgan fingerprint density at radius 3 is 2.38 bits per heavy atom. The minimum absolute atomic E-state index is 0.350. The van der Waals surface area contributed by atoms with Crippen molar-refractivity contribution in [1.29, 1.82) is 0 Å². The van der Waals surface area contributed by atoms with Gasteiger partial charge in [-0.15, -0.1) is 0 Å². The molecule has 3 aliphatic heterocycles. The number of fused-ring (bicyclic) bond motifs is 1. The molecule has 0 spiro atoms. The van der Waals surface area contributed by atoms with Crippen LogP contribution in [-0.2, 0) is 5.72 Å². The van der Waals surface area contributed by atoms with Crippen molar-refractivity contribution in [3.05, 3.63) is 60.9 Å². The van der Waals surface area contributed by atoms with Crippen LogP contribution in [0.15, 0.2) is 60.9 Å². The number of ether oxygens (including phenoxy) is 1. The van der Waals surface area contributed by atoms with Gasteiger partial charge in [0.1, 0.15) is 29.3 Å². The molecule has 0 radical (unpaired) electrons. The van der Waals surface area contributed by atoms with Gasteiger partial charge in [-0.3, -0.25) is 9.80 Å². The van der Waals surface area contributed by atoms with Crippen LogP contribution in [0.2, 0.25) is 0 Å². The van der Waals surface area contributed by atoms with Gasteiger partial charge in [0.2, 0.25) is 0 Å². The predicted molar refractivity (Wildman–Crippen MR) is 149 cm³/mol. The standard InChI is InChI=1S/C29H34N8O2/c30-27-25-26(21-6-8-24(9-7-21)39-23-4-2-1-3-5-23)34-37(28(25)33-19-32-27)29(38)10-12-36(13-11-29)22-17-35(18-22)16-20-14-31-15-20/h1-9,19-20,22,31,38H,10-18H2,(H2,30,32,33). The smallest absolute Gasteiger partial charge is 0.166 e. The molecular weight excluding hydrogens is 492 g/mol. The van der Waals surface area contributed by atoms with Gasteiger partial charge in [0.15, 0.2) is 11.4 Å². The number of nitrogens with zero attached hydrogens (tertiary/aromatic N) is 6. The lowest BCUT2D eigenvalue weighted by atomic mass is 9.95. The van der Waals surface area contributed by atoms with Crippen molar-refractivity contribution in [1.82, 2.24) is 34.9 Å². The van der Waals surface area contributed by atoms with Crippen LogP contribution in [0.3, 0.4) is 0 Å². The average Bonchev–Trinajstić information content (AvgIpc) is 3.31. The van der Waals surface area contributed by atoms with Crippen molar-refractivity contribution in [3.8, 4) is 22.8 Å².